The number of aryl methyl sites for hydroxylation is 1. The summed E-state index contributed by atoms with van der Waals surface area (Å²) in [4.78, 5) is 5.27. The van der Waals surface area contributed by atoms with Crippen LogP contribution in [0.2, 0.25) is 0 Å². The average molecular weight is 320 g/mol. The van der Waals surface area contributed by atoms with E-state index in [9.17, 15) is 0 Å². The summed E-state index contributed by atoms with van der Waals surface area (Å²) >= 11 is 0. The van der Waals surface area contributed by atoms with Crippen LogP contribution in [0.5, 0.6) is 0 Å². The fraction of sp³-hybridized carbons (Fsp3) is 0.455. The van der Waals surface area contributed by atoms with Crippen LogP contribution in [0.4, 0.5) is 0 Å². The van der Waals surface area contributed by atoms with Gasteiger partial charge < -0.3 is 0 Å². The highest BCUT2D eigenvalue weighted by molar-refractivity contribution is 5.30. The predicted octanol–water partition coefficient (Wildman–Crippen LogP) is 4.22. The van der Waals surface area contributed by atoms with Crippen LogP contribution >= 0.6 is 0 Å². The molecule has 1 fully saturated rings. The predicted molar refractivity (Wildman–Crippen MR) is 99.7 cm³/mol. The summed E-state index contributed by atoms with van der Waals surface area (Å²) in [7, 11) is 0. The van der Waals surface area contributed by atoms with Gasteiger partial charge in [-0.05, 0) is 55.5 Å². The van der Waals surface area contributed by atoms with Crippen molar-refractivity contribution in [2.45, 2.75) is 39.4 Å². The fourth-order valence-electron chi connectivity index (χ4n) is 4.29. The number of piperidine rings is 1. The highest BCUT2D eigenvalue weighted by Crippen LogP contribution is 2.26. The van der Waals surface area contributed by atoms with E-state index in [2.05, 4.69) is 65.3 Å². The van der Waals surface area contributed by atoms with Gasteiger partial charge in [0.25, 0.3) is 0 Å². The third-order valence-electron chi connectivity index (χ3n) is 5.62. The molecule has 0 radical (unpaired) electrons. The molecule has 0 amide bonds. The molecular formula is C22H28N2. The molecule has 0 aliphatic carbocycles. The largest absolute Gasteiger partial charge is 0.299 e. The van der Waals surface area contributed by atoms with Crippen molar-refractivity contribution in [3.8, 4) is 0 Å². The maximum absolute atomic E-state index is 2.64. The van der Waals surface area contributed by atoms with Crippen LogP contribution in [0.1, 0.15) is 35.1 Å². The van der Waals surface area contributed by atoms with E-state index in [-0.39, 0.29) is 0 Å². The topological polar surface area (TPSA) is 6.48 Å². The van der Waals surface area contributed by atoms with E-state index in [4.69, 9.17) is 0 Å². The first kappa shape index (κ1) is 15.9. The Morgan fingerprint density at radius 1 is 0.875 bits per heavy atom. The van der Waals surface area contributed by atoms with Crippen LogP contribution in [0.15, 0.2) is 48.5 Å². The average Bonchev–Trinajstić information content (AvgIpc) is 2.99. The van der Waals surface area contributed by atoms with Gasteiger partial charge in [-0.3, -0.25) is 9.80 Å². The molecule has 2 heteroatoms. The molecule has 0 bridgehead atoms. The van der Waals surface area contributed by atoms with E-state index >= 15 is 0 Å². The van der Waals surface area contributed by atoms with Crippen LogP contribution in [0.25, 0.3) is 0 Å². The monoisotopic (exact) mass is 320 g/mol. The third-order valence-corrected chi connectivity index (χ3v) is 5.62. The molecule has 2 aromatic rings. The Kier molecular flexibility index (Phi) is 4.68. The number of hydrogen-bond acceptors (Lipinski definition) is 2. The first-order chi connectivity index (χ1) is 11.8. The highest BCUT2D eigenvalue weighted by Gasteiger charge is 2.24. The summed E-state index contributed by atoms with van der Waals surface area (Å²) in [5.74, 6) is 0.869. The van der Waals surface area contributed by atoms with Gasteiger partial charge in [-0.15, -0.1) is 0 Å². The van der Waals surface area contributed by atoms with Gasteiger partial charge in [-0.2, -0.15) is 0 Å². The fourth-order valence-corrected chi connectivity index (χ4v) is 4.29. The summed E-state index contributed by atoms with van der Waals surface area (Å²) in [6, 6.07) is 17.9. The lowest BCUT2D eigenvalue weighted by Crippen LogP contribution is -2.37. The van der Waals surface area contributed by atoms with E-state index in [0.29, 0.717) is 0 Å². The van der Waals surface area contributed by atoms with E-state index in [0.717, 1.165) is 25.6 Å². The molecule has 2 heterocycles. The van der Waals surface area contributed by atoms with Crippen molar-refractivity contribution in [1.29, 1.82) is 0 Å². The summed E-state index contributed by atoms with van der Waals surface area (Å²) in [5, 5.41) is 0. The maximum Gasteiger partial charge on any atom is 0.0240 e. The highest BCUT2D eigenvalue weighted by atomic mass is 15.2. The molecule has 2 aliphatic heterocycles. The second kappa shape index (κ2) is 7.08. The SMILES string of the molecule is Cc1cccc(CN2CCC(CN3Cc4ccccc4C3)CC2)c1. The smallest absolute Gasteiger partial charge is 0.0240 e. The molecule has 126 valence electrons. The minimum Gasteiger partial charge on any atom is -0.299 e. The second-order valence-electron chi connectivity index (χ2n) is 7.65. The van der Waals surface area contributed by atoms with Gasteiger partial charge in [0.1, 0.15) is 0 Å². The van der Waals surface area contributed by atoms with E-state index in [1.807, 2.05) is 0 Å². The molecule has 0 saturated carbocycles. The minimum atomic E-state index is 0.869. The zero-order valence-corrected chi connectivity index (χ0v) is 14.7. The molecule has 1 saturated heterocycles. The van der Waals surface area contributed by atoms with Crippen molar-refractivity contribution < 1.29 is 0 Å². The van der Waals surface area contributed by atoms with Gasteiger partial charge in [-0.1, -0.05) is 54.1 Å². The Morgan fingerprint density at radius 2 is 1.58 bits per heavy atom. The lowest BCUT2D eigenvalue weighted by Gasteiger charge is -2.34. The Hall–Kier alpha value is -1.64. The zero-order valence-electron chi connectivity index (χ0n) is 14.7. The molecule has 0 spiro atoms. The number of benzene rings is 2. The van der Waals surface area contributed by atoms with Gasteiger partial charge in [-0.25, -0.2) is 0 Å². The minimum absolute atomic E-state index is 0.869. The number of nitrogens with zero attached hydrogens (tertiary/aromatic N) is 2. The van der Waals surface area contributed by atoms with Gasteiger partial charge in [0.05, 0.1) is 0 Å². The van der Waals surface area contributed by atoms with Crippen molar-refractivity contribution in [3.63, 3.8) is 0 Å². The van der Waals surface area contributed by atoms with E-state index in [1.54, 1.807) is 0 Å². The molecular weight excluding hydrogens is 292 g/mol. The number of fused-ring (bicyclic) bond motifs is 1. The zero-order chi connectivity index (χ0) is 16.4. The van der Waals surface area contributed by atoms with Crippen molar-refractivity contribution in [2.24, 2.45) is 5.92 Å². The molecule has 0 unspecified atom stereocenters. The number of rotatable bonds is 4. The Labute approximate surface area is 146 Å². The molecule has 2 nitrogen and oxygen atoms in total. The Balaban J connectivity index is 1.25. The molecule has 2 aliphatic rings. The van der Waals surface area contributed by atoms with Crippen LogP contribution < -0.4 is 0 Å². The molecule has 4 rings (SSSR count). The van der Waals surface area contributed by atoms with Crippen molar-refractivity contribution in [3.05, 3.63) is 70.8 Å². The molecule has 2 aromatic carbocycles. The summed E-state index contributed by atoms with van der Waals surface area (Å²) in [6.45, 7) is 9.37. The summed E-state index contributed by atoms with van der Waals surface area (Å²) in [5.41, 5.74) is 5.91. The summed E-state index contributed by atoms with van der Waals surface area (Å²) in [6.07, 6.45) is 2.69. The normalized spacial score (nSPS) is 19.5. The molecule has 0 aromatic heterocycles. The number of likely N-dealkylation sites (tertiary alicyclic amines) is 1. The van der Waals surface area contributed by atoms with Crippen LogP contribution in [0, 0.1) is 12.8 Å². The van der Waals surface area contributed by atoms with Gasteiger partial charge in [0, 0.05) is 26.2 Å². The molecule has 0 N–H and O–H groups in total. The van der Waals surface area contributed by atoms with Crippen LogP contribution in [-0.2, 0) is 19.6 Å². The summed E-state index contributed by atoms with van der Waals surface area (Å²) < 4.78 is 0. The van der Waals surface area contributed by atoms with Crippen molar-refractivity contribution in [1.82, 2.24) is 9.80 Å². The lowest BCUT2D eigenvalue weighted by atomic mass is 9.96. The molecule has 0 atom stereocenters. The van der Waals surface area contributed by atoms with Crippen molar-refractivity contribution in [2.75, 3.05) is 19.6 Å². The van der Waals surface area contributed by atoms with Crippen molar-refractivity contribution >= 4 is 0 Å². The van der Waals surface area contributed by atoms with E-state index in [1.165, 1.54) is 54.7 Å². The number of hydrogen-bond donors (Lipinski definition) is 0. The van der Waals surface area contributed by atoms with Gasteiger partial charge >= 0.3 is 0 Å². The maximum atomic E-state index is 2.64. The lowest BCUT2D eigenvalue weighted by molar-refractivity contribution is 0.138. The first-order valence-corrected chi connectivity index (χ1v) is 9.33. The standard InChI is InChI=1S/C22H28N2/c1-18-5-4-6-20(13-18)15-23-11-9-19(10-12-23)14-24-16-21-7-2-3-8-22(21)17-24/h2-8,13,19H,9-12,14-17H2,1H3. The van der Waals surface area contributed by atoms with E-state index < -0.39 is 0 Å². The Morgan fingerprint density at radius 3 is 2.25 bits per heavy atom. The van der Waals surface area contributed by atoms with Gasteiger partial charge in [0.2, 0.25) is 0 Å². The first-order valence-electron chi connectivity index (χ1n) is 9.33. The van der Waals surface area contributed by atoms with Gasteiger partial charge in [0.15, 0.2) is 0 Å². The van der Waals surface area contributed by atoms with Crippen LogP contribution in [-0.4, -0.2) is 29.4 Å². The van der Waals surface area contributed by atoms with Crippen LogP contribution in [0.3, 0.4) is 0 Å². The second-order valence-corrected chi connectivity index (χ2v) is 7.65. The molecule has 24 heavy (non-hydrogen) atoms. The Bertz CT molecular complexity index is 661. The quantitative estimate of drug-likeness (QED) is 0.832. The third kappa shape index (κ3) is 3.71.